The van der Waals surface area contributed by atoms with E-state index in [0.29, 0.717) is 5.02 Å². The summed E-state index contributed by atoms with van der Waals surface area (Å²) >= 11 is 5.99. The molecule has 3 nitrogen and oxygen atoms in total. The van der Waals surface area contributed by atoms with E-state index in [1.54, 1.807) is 6.20 Å². The molecule has 21 heavy (non-hydrogen) atoms. The summed E-state index contributed by atoms with van der Waals surface area (Å²) in [5.41, 5.74) is 6.88. The summed E-state index contributed by atoms with van der Waals surface area (Å²) in [6, 6.07) is 17.6. The van der Waals surface area contributed by atoms with E-state index >= 15 is 0 Å². The van der Waals surface area contributed by atoms with E-state index in [9.17, 15) is 0 Å². The molecule has 0 unspecified atom stereocenters. The van der Waals surface area contributed by atoms with E-state index in [4.69, 9.17) is 11.6 Å². The van der Waals surface area contributed by atoms with E-state index in [0.717, 1.165) is 27.9 Å². The summed E-state index contributed by atoms with van der Waals surface area (Å²) < 4.78 is 0. The molecule has 0 radical (unpaired) electrons. The maximum absolute atomic E-state index is 5.99. The summed E-state index contributed by atoms with van der Waals surface area (Å²) in [5.74, 6) is 0. The molecule has 0 aliphatic heterocycles. The third-order valence-electron chi connectivity index (χ3n) is 3.24. The van der Waals surface area contributed by atoms with Crippen molar-refractivity contribution in [2.24, 2.45) is 5.10 Å². The highest BCUT2D eigenvalue weighted by molar-refractivity contribution is 6.31. The monoisotopic (exact) mass is 295 g/mol. The lowest BCUT2D eigenvalue weighted by Gasteiger charge is -2.07. The number of aromatic nitrogens is 1. The second-order valence-corrected chi connectivity index (χ2v) is 5.13. The minimum Gasteiger partial charge on any atom is -0.277 e. The van der Waals surface area contributed by atoms with Gasteiger partial charge < -0.3 is 0 Å². The molecule has 0 atom stereocenters. The van der Waals surface area contributed by atoms with Crippen molar-refractivity contribution in [2.75, 3.05) is 5.43 Å². The molecule has 0 aliphatic carbocycles. The molecule has 3 aromatic rings. The smallest absolute Gasteiger partial charge is 0.0738 e. The third-order valence-corrected chi connectivity index (χ3v) is 3.48. The van der Waals surface area contributed by atoms with Crippen molar-refractivity contribution >= 4 is 33.9 Å². The zero-order chi connectivity index (χ0) is 14.7. The molecule has 1 heterocycles. The van der Waals surface area contributed by atoms with Crippen LogP contribution >= 0.6 is 11.6 Å². The predicted octanol–water partition coefficient (Wildman–Crippen LogP) is 4.72. The van der Waals surface area contributed by atoms with Crippen molar-refractivity contribution in [1.29, 1.82) is 0 Å². The fourth-order valence-corrected chi connectivity index (χ4v) is 2.27. The van der Waals surface area contributed by atoms with Gasteiger partial charge in [-0.2, -0.15) is 5.10 Å². The summed E-state index contributed by atoms with van der Waals surface area (Å²) in [6.45, 7) is 1.97. The Hall–Kier alpha value is -2.39. The van der Waals surface area contributed by atoms with Gasteiger partial charge in [0.2, 0.25) is 0 Å². The largest absolute Gasteiger partial charge is 0.277 e. The van der Waals surface area contributed by atoms with Crippen molar-refractivity contribution in [3.63, 3.8) is 0 Å². The first-order valence-electron chi connectivity index (χ1n) is 6.64. The SMILES string of the molecule is C/C(=N/Nc1ccnc2cc(Cl)ccc12)c1ccccc1. The van der Waals surface area contributed by atoms with Crippen LogP contribution in [0.15, 0.2) is 65.9 Å². The topological polar surface area (TPSA) is 37.3 Å². The van der Waals surface area contributed by atoms with Crippen molar-refractivity contribution in [1.82, 2.24) is 4.98 Å². The number of benzene rings is 2. The molecule has 0 fully saturated rings. The normalized spacial score (nSPS) is 11.6. The molecule has 0 aliphatic rings. The van der Waals surface area contributed by atoms with Gasteiger partial charge in [-0.05, 0) is 36.8 Å². The number of hydrazone groups is 1. The molecule has 0 saturated heterocycles. The number of hydrogen-bond donors (Lipinski definition) is 1. The molecule has 0 amide bonds. The molecule has 0 saturated carbocycles. The zero-order valence-electron chi connectivity index (χ0n) is 11.5. The van der Waals surface area contributed by atoms with Crippen LogP contribution in [0.4, 0.5) is 5.69 Å². The lowest BCUT2D eigenvalue weighted by Crippen LogP contribution is -2.00. The molecule has 4 heteroatoms. The van der Waals surface area contributed by atoms with Crippen LogP contribution in [0.2, 0.25) is 5.02 Å². The summed E-state index contributed by atoms with van der Waals surface area (Å²) in [4.78, 5) is 4.32. The second-order valence-electron chi connectivity index (χ2n) is 4.70. The van der Waals surface area contributed by atoms with Crippen LogP contribution in [-0.2, 0) is 0 Å². The minimum atomic E-state index is 0.677. The van der Waals surface area contributed by atoms with Crippen LogP contribution in [0.1, 0.15) is 12.5 Å². The highest BCUT2D eigenvalue weighted by Gasteiger charge is 2.02. The molecule has 1 N–H and O–H groups in total. The molecule has 2 aromatic carbocycles. The maximum Gasteiger partial charge on any atom is 0.0738 e. The Kier molecular flexibility index (Phi) is 3.84. The van der Waals surface area contributed by atoms with Gasteiger partial charge in [-0.1, -0.05) is 41.9 Å². The Morgan fingerprint density at radius 2 is 1.90 bits per heavy atom. The quantitative estimate of drug-likeness (QED) is 0.560. The summed E-state index contributed by atoms with van der Waals surface area (Å²) in [7, 11) is 0. The van der Waals surface area contributed by atoms with Gasteiger partial charge in [-0.3, -0.25) is 10.4 Å². The van der Waals surface area contributed by atoms with Crippen LogP contribution in [-0.4, -0.2) is 10.7 Å². The number of fused-ring (bicyclic) bond motifs is 1. The van der Waals surface area contributed by atoms with Gasteiger partial charge >= 0.3 is 0 Å². The number of halogens is 1. The van der Waals surface area contributed by atoms with Crippen LogP contribution in [0, 0.1) is 0 Å². The van der Waals surface area contributed by atoms with E-state index in [1.165, 1.54) is 0 Å². The van der Waals surface area contributed by atoms with E-state index in [2.05, 4.69) is 15.5 Å². The standard InChI is InChI=1S/C17H14ClN3/c1-12(13-5-3-2-4-6-13)20-21-16-9-10-19-17-11-14(18)7-8-15(16)17/h2-11H,1H3,(H,19,21)/b20-12-. The maximum atomic E-state index is 5.99. The molecule has 1 aromatic heterocycles. The van der Waals surface area contributed by atoms with Crippen molar-refractivity contribution < 1.29 is 0 Å². The summed E-state index contributed by atoms with van der Waals surface area (Å²) in [6.07, 6.45) is 1.74. The molecule has 3 rings (SSSR count). The minimum absolute atomic E-state index is 0.677. The van der Waals surface area contributed by atoms with Crippen LogP contribution in [0.25, 0.3) is 10.9 Å². The van der Waals surface area contributed by atoms with Crippen molar-refractivity contribution in [3.05, 3.63) is 71.4 Å². The number of pyridine rings is 1. The predicted molar refractivity (Wildman–Crippen MR) is 89.0 cm³/mol. The van der Waals surface area contributed by atoms with Gasteiger partial charge in [0, 0.05) is 16.6 Å². The van der Waals surface area contributed by atoms with Gasteiger partial charge in [-0.15, -0.1) is 0 Å². The Balaban J connectivity index is 1.92. The van der Waals surface area contributed by atoms with E-state index in [1.807, 2.05) is 61.5 Å². The number of nitrogens with zero attached hydrogens (tertiary/aromatic N) is 2. The fourth-order valence-electron chi connectivity index (χ4n) is 2.11. The lowest BCUT2D eigenvalue weighted by molar-refractivity contribution is 1.31. The Morgan fingerprint density at radius 3 is 2.71 bits per heavy atom. The van der Waals surface area contributed by atoms with E-state index in [-0.39, 0.29) is 0 Å². The van der Waals surface area contributed by atoms with Gasteiger partial charge in [0.15, 0.2) is 0 Å². The summed E-state index contributed by atoms with van der Waals surface area (Å²) in [5, 5.41) is 6.11. The second kappa shape index (κ2) is 5.94. The number of nitrogens with one attached hydrogen (secondary N) is 1. The fraction of sp³-hybridized carbons (Fsp3) is 0.0588. The van der Waals surface area contributed by atoms with Crippen LogP contribution in [0.3, 0.4) is 0 Å². The molecule has 0 bridgehead atoms. The highest BCUT2D eigenvalue weighted by Crippen LogP contribution is 2.24. The highest BCUT2D eigenvalue weighted by atomic mass is 35.5. The van der Waals surface area contributed by atoms with Crippen LogP contribution in [0.5, 0.6) is 0 Å². The molecular weight excluding hydrogens is 282 g/mol. The van der Waals surface area contributed by atoms with Crippen molar-refractivity contribution in [2.45, 2.75) is 6.92 Å². The number of hydrogen-bond acceptors (Lipinski definition) is 3. The average Bonchev–Trinajstić information content (AvgIpc) is 2.53. The lowest BCUT2D eigenvalue weighted by atomic mass is 10.1. The van der Waals surface area contributed by atoms with Gasteiger partial charge in [0.1, 0.15) is 0 Å². The van der Waals surface area contributed by atoms with Gasteiger partial charge in [0.25, 0.3) is 0 Å². The molecule has 0 spiro atoms. The first kappa shape index (κ1) is 13.6. The average molecular weight is 296 g/mol. The number of anilines is 1. The van der Waals surface area contributed by atoms with E-state index < -0.39 is 0 Å². The third kappa shape index (κ3) is 3.03. The molecular formula is C17H14ClN3. The number of rotatable bonds is 3. The Morgan fingerprint density at radius 1 is 1.10 bits per heavy atom. The van der Waals surface area contributed by atoms with Crippen molar-refractivity contribution in [3.8, 4) is 0 Å². The zero-order valence-corrected chi connectivity index (χ0v) is 12.3. The first-order chi connectivity index (χ1) is 10.2. The Bertz CT molecular complexity index is 797. The first-order valence-corrected chi connectivity index (χ1v) is 7.02. The van der Waals surface area contributed by atoms with Gasteiger partial charge in [0.05, 0.1) is 16.9 Å². The molecule has 104 valence electrons. The van der Waals surface area contributed by atoms with Crippen LogP contribution < -0.4 is 5.43 Å². The van der Waals surface area contributed by atoms with Gasteiger partial charge in [-0.25, -0.2) is 0 Å². The Labute approximate surface area is 128 Å².